The Morgan fingerprint density at radius 1 is 1.26 bits per heavy atom. The van der Waals surface area contributed by atoms with Crippen molar-refractivity contribution in [1.82, 2.24) is 15.0 Å². The van der Waals surface area contributed by atoms with Crippen LogP contribution in [0.3, 0.4) is 0 Å². The van der Waals surface area contributed by atoms with Crippen LogP contribution < -0.4 is 5.73 Å². The zero-order chi connectivity index (χ0) is 16.2. The molecule has 23 heavy (non-hydrogen) atoms. The summed E-state index contributed by atoms with van der Waals surface area (Å²) in [6.45, 7) is 0.315. The van der Waals surface area contributed by atoms with Crippen molar-refractivity contribution in [1.29, 1.82) is 0 Å². The maximum Gasteiger partial charge on any atom is 0.363 e. The largest absolute Gasteiger partial charge is 0.458 e. The Morgan fingerprint density at radius 3 is 2.65 bits per heavy atom. The number of rotatable bonds is 4. The van der Waals surface area contributed by atoms with Gasteiger partial charge in [0, 0.05) is 0 Å². The molecule has 1 aliphatic rings. The minimum atomic E-state index is -0.528. The number of ether oxygens (including phenoxy) is 1. The Morgan fingerprint density at radius 2 is 1.96 bits per heavy atom. The molecular weight excluding hydrogens is 299 g/mol. The molecule has 2 N–H and O–H groups in total. The maximum atomic E-state index is 12.9. The predicted octanol–water partition coefficient (Wildman–Crippen LogP) is 2.54. The van der Waals surface area contributed by atoms with Crippen LogP contribution >= 0.6 is 0 Å². The second-order valence-electron chi connectivity index (χ2n) is 5.77. The highest BCUT2D eigenvalue weighted by Gasteiger charge is 2.24. The Balaban J connectivity index is 1.68. The number of nitrogens with zero attached hydrogens (tertiary/aromatic N) is 3. The van der Waals surface area contributed by atoms with E-state index in [9.17, 15) is 9.18 Å². The standard InChI is InChI=1S/C16H19FN4O2/c17-12-8-6-11(7-9-12)10-21-15(18)14(19-20-21)16(22)23-13-4-2-1-3-5-13/h6-9,13H,1-5,10,18H2. The first-order chi connectivity index (χ1) is 11.1. The molecule has 0 aliphatic heterocycles. The molecule has 1 heterocycles. The van der Waals surface area contributed by atoms with Crippen molar-refractivity contribution < 1.29 is 13.9 Å². The molecule has 0 spiro atoms. The van der Waals surface area contributed by atoms with Crippen LogP contribution in [-0.2, 0) is 11.3 Å². The van der Waals surface area contributed by atoms with Crippen LogP contribution in [0, 0.1) is 5.82 Å². The predicted molar refractivity (Wildman–Crippen MR) is 82.2 cm³/mol. The Kier molecular flexibility index (Phi) is 4.55. The summed E-state index contributed by atoms with van der Waals surface area (Å²) in [5.74, 6) is -0.674. The van der Waals surface area contributed by atoms with Gasteiger partial charge in [0.05, 0.1) is 6.54 Å². The second kappa shape index (κ2) is 6.76. The van der Waals surface area contributed by atoms with Gasteiger partial charge in [0.2, 0.25) is 5.69 Å². The molecule has 0 unspecified atom stereocenters. The van der Waals surface area contributed by atoms with Crippen molar-refractivity contribution >= 4 is 11.8 Å². The summed E-state index contributed by atoms with van der Waals surface area (Å²) in [6, 6.07) is 5.99. The molecule has 122 valence electrons. The molecule has 0 amide bonds. The van der Waals surface area contributed by atoms with E-state index in [-0.39, 0.29) is 23.4 Å². The average Bonchev–Trinajstić information content (AvgIpc) is 2.91. The lowest BCUT2D eigenvalue weighted by atomic mass is 9.98. The van der Waals surface area contributed by atoms with E-state index in [0.29, 0.717) is 6.54 Å². The number of aromatic nitrogens is 3. The fraction of sp³-hybridized carbons (Fsp3) is 0.438. The minimum Gasteiger partial charge on any atom is -0.458 e. The first kappa shape index (κ1) is 15.5. The van der Waals surface area contributed by atoms with Gasteiger partial charge in [-0.2, -0.15) is 0 Å². The first-order valence-electron chi connectivity index (χ1n) is 7.78. The Labute approximate surface area is 133 Å². The summed E-state index contributed by atoms with van der Waals surface area (Å²) in [4.78, 5) is 12.2. The molecule has 1 aromatic heterocycles. The third-order valence-electron chi connectivity index (χ3n) is 4.04. The van der Waals surface area contributed by atoms with E-state index in [4.69, 9.17) is 10.5 Å². The molecule has 1 saturated carbocycles. The van der Waals surface area contributed by atoms with Gasteiger partial charge in [0.1, 0.15) is 11.9 Å². The highest BCUT2D eigenvalue weighted by molar-refractivity contribution is 5.91. The maximum absolute atomic E-state index is 12.9. The SMILES string of the molecule is Nc1c(C(=O)OC2CCCCC2)nnn1Cc1ccc(F)cc1. The van der Waals surface area contributed by atoms with Crippen molar-refractivity contribution in [2.24, 2.45) is 0 Å². The van der Waals surface area contributed by atoms with E-state index in [1.54, 1.807) is 12.1 Å². The first-order valence-corrected chi connectivity index (χ1v) is 7.78. The second-order valence-corrected chi connectivity index (χ2v) is 5.77. The van der Waals surface area contributed by atoms with Gasteiger partial charge < -0.3 is 10.5 Å². The average molecular weight is 318 g/mol. The van der Waals surface area contributed by atoms with Gasteiger partial charge in [0.25, 0.3) is 0 Å². The fourth-order valence-corrected chi connectivity index (χ4v) is 2.74. The number of anilines is 1. The molecule has 2 aromatic rings. The van der Waals surface area contributed by atoms with Crippen LogP contribution in [0.15, 0.2) is 24.3 Å². The number of nitrogens with two attached hydrogens (primary N) is 1. The number of hydrogen-bond acceptors (Lipinski definition) is 5. The summed E-state index contributed by atoms with van der Waals surface area (Å²) in [5.41, 5.74) is 6.80. The third-order valence-corrected chi connectivity index (χ3v) is 4.04. The quantitative estimate of drug-likeness (QED) is 0.876. The number of hydrogen-bond donors (Lipinski definition) is 1. The molecule has 0 saturated heterocycles. The lowest BCUT2D eigenvalue weighted by Gasteiger charge is -2.21. The normalized spacial score (nSPS) is 15.5. The van der Waals surface area contributed by atoms with Gasteiger partial charge in [-0.1, -0.05) is 23.8 Å². The molecule has 7 heteroatoms. The molecular formula is C16H19FN4O2. The molecule has 0 atom stereocenters. The molecule has 3 rings (SSSR count). The van der Waals surface area contributed by atoms with Crippen LogP contribution in [0.1, 0.15) is 48.2 Å². The molecule has 0 radical (unpaired) electrons. The summed E-state index contributed by atoms with van der Waals surface area (Å²) < 4.78 is 19.8. The number of carbonyl (C=O) groups excluding carboxylic acids is 1. The molecule has 1 aromatic carbocycles. The molecule has 6 nitrogen and oxygen atoms in total. The number of halogens is 1. The monoisotopic (exact) mass is 318 g/mol. The zero-order valence-electron chi connectivity index (χ0n) is 12.7. The van der Waals surface area contributed by atoms with Gasteiger partial charge >= 0.3 is 5.97 Å². The van der Waals surface area contributed by atoms with Crippen molar-refractivity contribution in [3.05, 3.63) is 41.3 Å². The van der Waals surface area contributed by atoms with Crippen LogP contribution in [-0.4, -0.2) is 27.1 Å². The number of nitrogen functional groups attached to an aromatic ring is 1. The van der Waals surface area contributed by atoms with Crippen molar-refractivity contribution in [2.75, 3.05) is 5.73 Å². The van der Waals surface area contributed by atoms with Crippen LogP contribution in [0.4, 0.5) is 10.2 Å². The highest BCUT2D eigenvalue weighted by Crippen LogP contribution is 2.22. The van der Waals surface area contributed by atoms with Crippen molar-refractivity contribution in [2.45, 2.75) is 44.8 Å². The van der Waals surface area contributed by atoms with Crippen molar-refractivity contribution in [3.63, 3.8) is 0 Å². The number of esters is 1. The molecule has 0 bridgehead atoms. The van der Waals surface area contributed by atoms with E-state index >= 15 is 0 Å². The summed E-state index contributed by atoms with van der Waals surface area (Å²) in [6.07, 6.45) is 5.04. The van der Waals surface area contributed by atoms with E-state index in [2.05, 4.69) is 10.3 Å². The van der Waals surface area contributed by atoms with Gasteiger partial charge in [-0.3, -0.25) is 0 Å². The number of benzene rings is 1. The highest BCUT2D eigenvalue weighted by atomic mass is 19.1. The summed E-state index contributed by atoms with van der Waals surface area (Å²) in [7, 11) is 0. The van der Waals surface area contributed by atoms with E-state index in [0.717, 1.165) is 31.2 Å². The lowest BCUT2D eigenvalue weighted by Crippen LogP contribution is -2.22. The van der Waals surface area contributed by atoms with Crippen LogP contribution in [0.5, 0.6) is 0 Å². The van der Waals surface area contributed by atoms with E-state index in [1.165, 1.54) is 23.2 Å². The lowest BCUT2D eigenvalue weighted by molar-refractivity contribution is 0.0205. The number of carbonyl (C=O) groups is 1. The topological polar surface area (TPSA) is 83.0 Å². The van der Waals surface area contributed by atoms with E-state index in [1.807, 2.05) is 0 Å². The van der Waals surface area contributed by atoms with E-state index < -0.39 is 5.97 Å². The molecule has 1 aliphatic carbocycles. The minimum absolute atomic E-state index is 0.0395. The van der Waals surface area contributed by atoms with Gasteiger partial charge in [-0.05, 0) is 43.4 Å². The van der Waals surface area contributed by atoms with Gasteiger partial charge in [0.15, 0.2) is 5.82 Å². The third kappa shape index (κ3) is 3.67. The van der Waals surface area contributed by atoms with Gasteiger partial charge in [-0.15, -0.1) is 5.10 Å². The Hall–Kier alpha value is -2.44. The Bertz CT molecular complexity index is 678. The van der Waals surface area contributed by atoms with Crippen LogP contribution in [0.2, 0.25) is 0 Å². The zero-order valence-corrected chi connectivity index (χ0v) is 12.7. The van der Waals surface area contributed by atoms with Crippen molar-refractivity contribution in [3.8, 4) is 0 Å². The summed E-state index contributed by atoms with van der Waals surface area (Å²) in [5, 5.41) is 7.73. The van der Waals surface area contributed by atoms with Crippen LogP contribution in [0.25, 0.3) is 0 Å². The summed E-state index contributed by atoms with van der Waals surface area (Å²) >= 11 is 0. The fourth-order valence-electron chi connectivity index (χ4n) is 2.74. The molecule has 1 fully saturated rings. The smallest absolute Gasteiger partial charge is 0.363 e. The van der Waals surface area contributed by atoms with Gasteiger partial charge in [-0.25, -0.2) is 13.9 Å².